The summed E-state index contributed by atoms with van der Waals surface area (Å²) in [5.41, 5.74) is 10.0. The number of anilines is 4. The van der Waals surface area contributed by atoms with Gasteiger partial charge < -0.3 is 9.62 Å². The Morgan fingerprint density at radius 2 is 0.878 bits per heavy atom. The number of aromatic nitrogens is 2. The first-order chi connectivity index (χ1) is 20.4. The maximum Gasteiger partial charge on any atom is 0.422 e. The molecule has 2 aliphatic heterocycles. The zero-order valence-corrected chi connectivity index (χ0v) is 22.1. The second-order valence-electron chi connectivity index (χ2n) is 10.6. The first-order valence-corrected chi connectivity index (χ1v) is 14.0. The SMILES string of the molecule is c1ccc(N2B3c4c(cccc4-c4ncc5ccccc5c4N3c3ccccc3)-c3ncc4ccccc4c32)cc1. The van der Waals surface area contributed by atoms with Crippen molar-refractivity contribution in [3.05, 3.63) is 140 Å². The molecule has 0 spiro atoms. The van der Waals surface area contributed by atoms with Crippen LogP contribution in [0.3, 0.4) is 0 Å². The van der Waals surface area contributed by atoms with Crippen molar-refractivity contribution in [3.8, 4) is 22.5 Å². The Labute approximate surface area is 238 Å². The minimum absolute atomic E-state index is 0.161. The predicted molar refractivity (Wildman–Crippen MR) is 170 cm³/mol. The molecule has 0 saturated heterocycles. The van der Waals surface area contributed by atoms with Crippen LogP contribution in [0, 0.1) is 0 Å². The van der Waals surface area contributed by atoms with Crippen molar-refractivity contribution in [3.63, 3.8) is 0 Å². The lowest BCUT2D eigenvalue weighted by Gasteiger charge is -2.47. The largest absolute Gasteiger partial charge is 0.422 e. The number of rotatable bonds is 2. The predicted octanol–water partition coefficient (Wildman–Crippen LogP) is 8.12. The Morgan fingerprint density at radius 1 is 0.439 bits per heavy atom. The Balaban J connectivity index is 1.48. The van der Waals surface area contributed by atoms with Crippen LogP contribution < -0.4 is 15.1 Å². The van der Waals surface area contributed by atoms with E-state index >= 15 is 0 Å². The van der Waals surface area contributed by atoms with Crippen molar-refractivity contribution in [1.29, 1.82) is 0 Å². The van der Waals surface area contributed by atoms with Gasteiger partial charge in [0, 0.05) is 56.4 Å². The highest BCUT2D eigenvalue weighted by Crippen LogP contribution is 2.50. The Bertz CT molecular complexity index is 1980. The lowest BCUT2D eigenvalue weighted by Crippen LogP contribution is -2.62. The summed E-state index contributed by atoms with van der Waals surface area (Å²) in [6.07, 6.45) is 4.02. The van der Waals surface area contributed by atoms with Crippen LogP contribution in [0.15, 0.2) is 140 Å². The third kappa shape index (κ3) is 3.11. The van der Waals surface area contributed by atoms with Crippen LogP contribution in [0.4, 0.5) is 22.7 Å². The molecule has 5 heteroatoms. The number of para-hydroxylation sites is 2. The second kappa shape index (κ2) is 8.54. The van der Waals surface area contributed by atoms with Gasteiger partial charge in [0.2, 0.25) is 0 Å². The summed E-state index contributed by atoms with van der Waals surface area (Å²) in [6.45, 7) is -0.161. The molecule has 0 saturated carbocycles. The monoisotopic (exact) mass is 522 g/mol. The molecule has 0 bridgehead atoms. The molecule has 0 N–H and O–H groups in total. The van der Waals surface area contributed by atoms with Gasteiger partial charge in [-0.15, -0.1) is 0 Å². The van der Waals surface area contributed by atoms with E-state index in [-0.39, 0.29) is 6.98 Å². The van der Waals surface area contributed by atoms with Crippen LogP contribution in [0.1, 0.15) is 0 Å². The van der Waals surface area contributed by atoms with Gasteiger partial charge in [-0.05, 0) is 29.7 Å². The van der Waals surface area contributed by atoms with Crippen LogP contribution in [0.5, 0.6) is 0 Å². The van der Waals surface area contributed by atoms with E-state index in [2.05, 4.69) is 137 Å². The summed E-state index contributed by atoms with van der Waals surface area (Å²) in [7, 11) is 0. The van der Waals surface area contributed by atoms with Gasteiger partial charge in [0.1, 0.15) is 0 Å². The van der Waals surface area contributed by atoms with E-state index < -0.39 is 0 Å². The minimum atomic E-state index is -0.161. The molecule has 2 aromatic heterocycles. The fourth-order valence-corrected chi connectivity index (χ4v) is 6.77. The minimum Gasteiger partial charge on any atom is -0.359 e. The maximum absolute atomic E-state index is 5.12. The molecule has 4 nitrogen and oxygen atoms in total. The van der Waals surface area contributed by atoms with Crippen LogP contribution >= 0.6 is 0 Å². The highest BCUT2D eigenvalue weighted by molar-refractivity contribution is 6.86. The fraction of sp³-hybridized carbons (Fsp3) is 0. The van der Waals surface area contributed by atoms with E-state index in [1.165, 1.54) is 16.2 Å². The molecule has 0 amide bonds. The van der Waals surface area contributed by atoms with Crippen LogP contribution in [0.25, 0.3) is 44.1 Å². The molecule has 0 aliphatic carbocycles. The Morgan fingerprint density at radius 3 is 1.37 bits per heavy atom. The molecule has 0 atom stereocenters. The molecule has 0 fully saturated rings. The molecule has 0 radical (unpaired) electrons. The third-order valence-electron chi connectivity index (χ3n) is 8.46. The van der Waals surface area contributed by atoms with E-state index in [9.17, 15) is 0 Å². The van der Waals surface area contributed by atoms with Gasteiger partial charge in [-0.25, -0.2) is 0 Å². The van der Waals surface area contributed by atoms with Crippen molar-refractivity contribution in [2.75, 3.05) is 9.62 Å². The van der Waals surface area contributed by atoms with Gasteiger partial charge in [-0.2, -0.15) is 0 Å². The molecule has 4 heterocycles. The zero-order valence-electron chi connectivity index (χ0n) is 22.1. The molecule has 7 aromatic rings. The first-order valence-electron chi connectivity index (χ1n) is 14.0. The molecule has 2 aliphatic rings. The van der Waals surface area contributed by atoms with Gasteiger partial charge >= 0.3 is 6.98 Å². The lowest BCUT2D eigenvalue weighted by atomic mass is 9.54. The topological polar surface area (TPSA) is 32.3 Å². The van der Waals surface area contributed by atoms with Gasteiger partial charge in [-0.1, -0.05) is 103 Å². The smallest absolute Gasteiger partial charge is 0.359 e. The van der Waals surface area contributed by atoms with E-state index in [0.29, 0.717) is 0 Å². The number of benzene rings is 5. The molecule has 5 aromatic carbocycles. The van der Waals surface area contributed by atoms with E-state index in [4.69, 9.17) is 9.97 Å². The fourth-order valence-electron chi connectivity index (χ4n) is 6.77. The number of hydrogen-bond acceptors (Lipinski definition) is 4. The standard InChI is InChI=1S/C36H23BN4/c1-3-14-26(15-4-1)40-35-28-18-9-7-12-24(28)22-38-33(35)30-20-11-21-31-32(30)37(40)41(27-16-5-2-6-17-27)36-29-19-10-8-13-25(29)23-39-34(31)36/h1-23H. The van der Waals surface area contributed by atoms with Crippen molar-refractivity contribution >= 4 is 56.7 Å². The molecular formula is C36H23BN4. The van der Waals surface area contributed by atoms with Crippen LogP contribution in [0.2, 0.25) is 0 Å². The molecular weight excluding hydrogens is 499 g/mol. The second-order valence-corrected chi connectivity index (χ2v) is 10.6. The quantitative estimate of drug-likeness (QED) is 0.215. The highest BCUT2D eigenvalue weighted by atomic mass is 15.3. The lowest BCUT2D eigenvalue weighted by molar-refractivity contribution is 1.22. The number of hydrogen-bond donors (Lipinski definition) is 0. The average molecular weight is 522 g/mol. The summed E-state index contributed by atoms with van der Waals surface area (Å²) < 4.78 is 0. The van der Waals surface area contributed by atoms with Gasteiger partial charge in [0.25, 0.3) is 0 Å². The number of pyridine rings is 2. The number of nitrogens with zero attached hydrogens (tertiary/aromatic N) is 4. The molecule has 9 rings (SSSR count). The summed E-state index contributed by atoms with van der Waals surface area (Å²) in [5, 5.41) is 4.63. The average Bonchev–Trinajstić information content (AvgIpc) is 3.05. The van der Waals surface area contributed by atoms with E-state index in [0.717, 1.165) is 56.0 Å². The summed E-state index contributed by atoms with van der Waals surface area (Å²) in [6, 6.07) is 45.3. The Hall–Kier alpha value is -5.42. The van der Waals surface area contributed by atoms with Gasteiger partial charge in [-0.3, -0.25) is 9.97 Å². The van der Waals surface area contributed by atoms with Crippen molar-refractivity contribution in [2.24, 2.45) is 0 Å². The normalized spacial score (nSPS) is 13.2. The molecule has 0 unspecified atom stereocenters. The summed E-state index contributed by atoms with van der Waals surface area (Å²) >= 11 is 0. The molecule has 190 valence electrons. The van der Waals surface area contributed by atoms with Gasteiger partial charge in [0.15, 0.2) is 0 Å². The van der Waals surface area contributed by atoms with Crippen molar-refractivity contribution < 1.29 is 0 Å². The first kappa shape index (κ1) is 22.4. The van der Waals surface area contributed by atoms with E-state index in [1.807, 2.05) is 12.4 Å². The van der Waals surface area contributed by atoms with Gasteiger partial charge in [0.05, 0.1) is 22.8 Å². The summed E-state index contributed by atoms with van der Waals surface area (Å²) in [5.74, 6) is 0. The highest BCUT2D eigenvalue weighted by Gasteiger charge is 2.48. The van der Waals surface area contributed by atoms with E-state index in [1.54, 1.807) is 0 Å². The molecule has 41 heavy (non-hydrogen) atoms. The van der Waals surface area contributed by atoms with Crippen molar-refractivity contribution in [1.82, 2.24) is 9.97 Å². The maximum atomic E-state index is 5.12. The Kier molecular flexibility index (Phi) is 4.67. The summed E-state index contributed by atoms with van der Waals surface area (Å²) in [4.78, 5) is 15.2. The zero-order chi connectivity index (χ0) is 26.9. The van der Waals surface area contributed by atoms with Crippen molar-refractivity contribution in [2.45, 2.75) is 0 Å². The van der Waals surface area contributed by atoms with Crippen LogP contribution in [-0.4, -0.2) is 17.0 Å². The third-order valence-corrected chi connectivity index (χ3v) is 8.46. The number of fused-ring (bicyclic) bond motifs is 8. The van der Waals surface area contributed by atoms with Crippen LogP contribution in [-0.2, 0) is 0 Å².